The Labute approximate surface area is 118 Å². The first-order valence-electron chi connectivity index (χ1n) is 6.17. The van der Waals surface area contributed by atoms with Gasteiger partial charge in [-0.25, -0.2) is 4.79 Å². The Morgan fingerprint density at radius 2 is 1.80 bits per heavy atom. The summed E-state index contributed by atoms with van der Waals surface area (Å²) >= 11 is 0. The highest BCUT2D eigenvalue weighted by Gasteiger charge is 2.14. The second-order valence-electron chi connectivity index (χ2n) is 4.36. The summed E-state index contributed by atoms with van der Waals surface area (Å²) in [7, 11) is 3.20. The smallest absolute Gasteiger partial charge is 0.339 e. The standard InChI is InChI=1S/C15H14BNO3/c1-20-15(19)12-8-7-11(16)9-13(12)17-14(18)10-5-3-2-4-6-10/h2-9H,16H2,1H3,(H,17,18). The van der Waals surface area contributed by atoms with E-state index in [0.29, 0.717) is 16.8 Å². The maximum atomic E-state index is 12.1. The van der Waals surface area contributed by atoms with Crippen molar-refractivity contribution in [1.29, 1.82) is 0 Å². The zero-order chi connectivity index (χ0) is 14.5. The van der Waals surface area contributed by atoms with E-state index < -0.39 is 5.97 Å². The maximum Gasteiger partial charge on any atom is 0.339 e. The maximum absolute atomic E-state index is 12.1. The molecule has 0 aliphatic rings. The van der Waals surface area contributed by atoms with E-state index in [1.54, 1.807) is 42.5 Å². The van der Waals surface area contributed by atoms with Crippen LogP contribution in [-0.2, 0) is 4.74 Å². The van der Waals surface area contributed by atoms with Crippen LogP contribution in [0.15, 0.2) is 48.5 Å². The van der Waals surface area contributed by atoms with Gasteiger partial charge in [0.25, 0.3) is 5.91 Å². The van der Waals surface area contributed by atoms with Crippen LogP contribution >= 0.6 is 0 Å². The van der Waals surface area contributed by atoms with Crippen molar-refractivity contribution < 1.29 is 14.3 Å². The van der Waals surface area contributed by atoms with Gasteiger partial charge in [0.15, 0.2) is 0 Å². The Morgan fingerprint density at radius 3 is 2.45 bits per heavy atom. The number of methoxy groups -OCH3 is 1. The number of amides is 1. The number of carbonyl (C=O) groups excluding carboxylic acids is 2. The highest BCUT2D eigenvalue weighted by Crippen LogP contribution is 2.16. The molecule has 2 rings (SSSR count). The van der Waals surface area contributed by atoms with Crippen molar-refractivity contribution in [2.45, 2.75) is 0 Å². The quantitative estimate of drug-likeness (QED) is 0.666. The van der Waals surface area contributed by atoms with Crippen molar-refractivity contribution in [1.82, 2.24) is 0 Å². The fraction of sp³-hybridized carbons (Fsp3) is 0.0667. The molecule has 2 aromatic rings. The van der Waals surface area contributed by atoms with E-state index in [-0.39, 0.29) is 5.91 Å². The third-order valence-electron chi connectivity index (χ3n) is 2.86. The first-order chi connectivity index (χ1) is 9.61. The summed E-state index contributed by atoms with van der Waals surface area (Å²) in [5.74, 6) is -0.741. The van der Waals surface area contributed by atoms with Gasteiger partial charge in [0, 0.05) is 5.56 Å². The Kier molecular flexibility index (Phi) is 4.20. The molecular weight excluding hydrogens is 253 g/mol. The number of nitrogens with one attached hydrogen (secondary N) is 1. The van der Waals surface area contributed by atoms with Gasteiger partial charge in [-0.1, -0.05) is 29.7 Å². The SMILES string of the molecule is Bc1ccc(C(=O)OC)c(NC(=O)c2ccccc2)c1. The lowest BCUT2D eigenvalue weighted by atomic mass is 9.94. The molecule has 0 bridgehead atoms. The zero-order valence-electron chi connectivity index (χ0n) is 11.3. The molecule has 0 aliphatic heterocycles. The lowest BCUT2D eigenvalue weighted by molar-refractivity contribution is 0.0602. The lowest BCUT2D eigenvalue weighted by Crippen LogP contribution is -2.17. The molecule has 1 N–H and O–H groups in total. The van der Waals surface area contributed by atoms with Crippen molar-refractivity contribution in [3.63, 3.8) is 0 Å². The van der Waals surface area contributed by atoms with Crippen molar-refractivity contribution >= 4 is 30.9 Å². The molecule has 0 unspecified atom stereocenters. The molecule has 4 nitrogen and oxygen atoms in total. The summed E-state index contributed by atoms with van der Waals surface area (Å²) < 4.78 is 4.71. The molecule has 0 atom stereocenters. The topological polar surface area (TPSA) is 55.4 Å². The van der Waals surface area contributed by atoms with Gasteiger partial charge in [0.05, 0.1) is 18.4 Å². The predicted octanol–water partition coefficient (Wildman–Crippen LogP) is 0.984. The molecular formula is C15H14BNO3. The lowest BCUT2D eigenvalue weighted by Gasteiger charge is -2.10. The molecule has 0 fully saturated rings. The summed E-state index contributed by atoms with van der Waals surface area (Å²) in [6, 6.07) is 14.0. The number of hydrogen-bond donors (Lipinski definition) is 1. The fourth-order valence-corrected chi connectivity index (χ4v) is 1.83. The van der Waals surface area contributed by atoms with Crippen molar-refractivity contribution in [3.8, 4) is 0 Å². The second kappa shape index (κ2) is 6.06. The van der Waals surface area contributed by atoms with Crippen LogP contribution in [0.5, 0.6) is 0 Å². The summed E-state index contributed by atoms with van der Waals surface area (Å²) in [4.78, 5) is 23.8. The summed E-state index contributed by atoms with van der Waals surface area (Å²) in [6.07, 6.45) is 0. The summed E-state index contributed by atoms with van der Waals surface area (Å²) in [6.45, 7) is 0. The van der Waals surface area contributed by atoms with Gasteiger partial charge in [0.1, 0.15) is 7.85 Å². The van der Waals surface area contributed by atoms with Crippen LogP contribution in [-0.4, -0.2) is 26.8 Å². The van der Waals surface area contributed by atoms with Crippen molar-refractivity contribution in [3.05, 3.63) is 59.7 Å². The predicted molar refractivity (Wildman–Crippen MR) is 80.4 cm³/mol. The number of anilines is 1. The molecule has 1 amide bonds. The Balaban J connectivity index is 2.31. The first-order valence-corrected chi connectivity index (χ1v) is 6.17. The van der Waals surface area contributed by atoms with Crippen LogP contribution in [0.25, 0.3) is 0 Å². The average molecular weight is 267 g/mol. The van der Waals surface area contributed by atoms with Crippen LogP contribution in [0.3, 0.4) is 0 Å². The average Bonchev–Trinajstić information content (AvgIpc) is 2.47. The molecule has 5 heteroatoms. The van der Waals surface area contributed by atoms with E-state index in [4.69, 9.17) is 4.74 Å². The van der Waals surface area contributed by atoms with Crippen LogP contribution in [0.2, 0.25) is 0 Å². The highest BCUT2D eigenvalue weighted by atomic mass is 16.5. The normalized spacial score (nSPS) is 9.85. The van der Waals surface area contributed by atoms with Gasteiger partial charge in [-0.05, 0) is 24.3 Å². The number of rotatable bonds is 3. The van der Waals surface area contributed by atoms with E-state index in [1.165, 1.54) is 7.11 Å². The van der Waals surface area contributed by atoms with Crippen molar-refractivity contribution in [2.24, 2.45) is 0 Å². The molecule has 0 spiro atoms. The van der Waals surface area contributed by atoms with Crippen LogP contribution in [0.1, 0.15) is 20.7 Å². The first kappa shape index (κ1) is 13.9. The van der Waals surface area contributed by atoms with E-state index in [2.05, 4.69) is 5.32 Å². The van der Waals surface area contributed by atoms with Gasteiger partial charge in [-0.3, -0.25) is 4.79 Å². The molecule has 0 saturated heterocycles. The van der Waals surface area contributed by atoms with Crippen LogP contribution in [0, 0.1) is 0 Å². The van der Waals surface area contributed by atoms with E-state index >= 15 is 0 Å². The third-order valence-corrected chi connectivity index (χ3v) is 2.86. The van der Waals surface area contributed by atoms with E-state index in [1.807, 2.05) is 13.9 Å². The molecule has 0 heterocycles. The number of esters is 1. The Morgan fingerprint density at radius 1 is 1.10 bits per heavy atom. The van der Waals surface area contributed by atoms with Gasteiger partial charge in [0.2, 0.25) is 0 Å². The Hall–Kier alpha value is -2.56. The molecule has 0 saturated carbocycles. The van der Waals surface area contributed by atoms with Gasteiger partial charge >= 0.3 is 5.97 Å². The van der Waals surface area contributed by atoms with Crippen molar-refractivity contribution in [2.75, 3.05) is 12.4 Å². The minimum atomic E-state index is -0.478. The molecule has 0 aliphatic carbocycles. The molecule has 0 radical (unpaired) electrons. The van der Waals surface area contributed by atoms with Gasteiger partial charge < -0.3 is 10.1 Å². The second-order valence-corrected chi connectivity index (χ2v) is 4.36. The molecule has 0 aromatic heterocycles. The summed E-state index contributed by atoms with van der Waals surface area (Å²) in [5, 5.41) is 2.74. The number of benzene rings is 2. The minimum Gasteiger partial charge on any atom is -0.465 e. The van der Waals surface area contributed by atoms with Gasteiger partial charge in [-0.15, -0.1) is 0 Å². The third kappa shape index (κ3) is 3.06. The van der Waals surface area contributed by atoms with Gasteiger partial charge in [-0.2, -0.15) is 0 Å². The Bertz CT molecular complexity index is 641. The zero-order valence-corrected chi connectivity index (χ0v) is 11.3. The molecule has 2 aromatic carbocycles. The number of ether oxygens (including phenoxy) is 1. The fourth-order valence-electron chi connectivity index (χ4n) is 1.83. The largest absolute Gasteiger partial charge is 0.465 e. The molecule has 100 valence electrons. The molecule has 20 heavy (non-hydrogen) atoms. The monoisotopic (exact) mass is 267 g/mol. The highest BCUT2D eigenvalue weighted by molar-refractivity contribution is 6.33. The van der Waals surface area contributed by atoms with E-state index in [9.17, 15) is 9.59 Å². The number of carbonyl (C=O) groups is 2. The number of hydrogen-bond acceptors (Lipinski definition) is 3. The van der Waals surface area contributed by atoms with E-state index in [0.717, 1.165) is 5.46 Å². The summed E-state index contributed by atoms with van der Waals surface area (Å²) in [5.41, 5.74) is 2.26. The van der Waals surface area contributed by atoms with Crippen LogP contribution < -0.4 is 10.8 Å². The van der Waals surface area contributed by atoms with Crippen LogP contribution in [0.4, 0.5) is 5.69 Å². The minimum absolute atomic E-state index is 0.263.